The van der Waals surface area contributed by atoms with Crippen molar-refractivity contribution < 1.29 is 14.3 Å². The van der Waals surface area contributed by atoms with Crippen molar-refractivity contribution >= 4 is 6.09 Å². The lowest BCUT2D eigenvalue weighted by Crippen LogP contribution is -2.49. The van der Waals surface area contributed by atoms with Gasteiger partial charge in [0, 0.05) is 7.05 Å². The highest BCUT2D eigenvalue weighted by molar-refractivity contribution is 5.67. The third-order valence-corrected chi connectivity index (χ3v) is 2.97. The van der Waals surface area contributed by atoms with Crippen molar-refractivity contribution in [1.29, 1.82) is 0 Å². The summed E-state index contributed by atoms with van der Waals surface area (Å²) < 4.78 is 11.4. The molecule has 0 aliphatic heterocycles. The molecule has 102 valence electrons. The third kappa shape index (κ3) is 4.94. The molecular formula is C13H27NO3. The van der Waals surface area contributed by atoms with E-state index in [1.807, 2.05) is 41.5 Å². The first-order valence-electron chi connectivity index (χ1n) is 6.29. The van der Waals surface area contributed by atoms with Crippen molar-refractivity contribution in [2.24, 2.45) is 0 Å². The van der Waals surface area contributed by atoms with E-state index in [9.17, 15) is 4.79 Å². The largest absolute Gasteiger partial charge is 0.440 e. The van der Waals surface area contributed by atoms with Crippen LogP contribution in [-0.4, -0.2) is 30.4 Å². The molecular weight excluding hydrogens is 218 g/mol. The summed E-state index contributed by atoms with van der Waals surface area (Å²) in [6.07, 6.45) is 0.912. The molecule has 1 N–H and O–H groups in total. The highest BCUT2D eigenvalue weighted by Crippen LogP contribution is 2.30. The summed E-state index contributed by atoms with van der Waals surface area (Å²) in [4.78, 5) is 11.4. The third-order valence-electron chi connectivity index (χ3n) is 2.97. The van der Waals surface area contributed by atoms with Crippen molar-refractivity contribution in [2.45, 2.75) is 71.7 Å². The summed E-state index contributed by atoms with van der Waals surface area (Å²) in [5, 5.41) is 2.49. The van der Waals surface area contributed by atoms with Crippen LogP contribution in [0, 0.1) is 0 Å². The summed E-state index contributed by atoms with van der Waals surface area (Å²) in [6, 6.07) is 0. The molecule has 0 heterocycles. The molecule has 4 nitrogen and oxygen atoms in total. The number of hydrogen-bond acceptors (Lipinski definition) is 3. The van der Waals surface area contributed by atoms with Crippen molar-refractivity contribution in [1.82, 2.24) is 5.32 Å². The van der Waals surface area contributed by atoms with E-state index in [-0.39, 0.29) is 11.7 Å². The summed E-state index contributed by atoms with van der Waals surface area (Å²) in [5.74, 6) is 0. The van der Waals surface area contributed by atoms with E-state index in [2.05, 4.69) is 5.32 Å². The molecule has 0 aromatic heterocycles. The van der Waals surface area contributed by atoms with Gasteiger partial charge in [-0.05, 0) is 40.5 Å². The average molecular weight is 245 g/mol. The number of ether oxygens (including phenoxy) is 2. The monoisotopic (exact) mass is 245 g/mol. The molecule has 0 radical (unpaired) electrons. The number of rotatable bonds is 5. The fourth-order valence-electron chi connectivity index (χ4n) is 1.93. The van der Waals surface area contributed by atoms with Crippen LogP contribution in [0.15, 0.2) is 0 Å². The van der Waals surface area contributed by atoms with Crippen LogP contribution in [-0.2, 0) is 9.47 Å². The molecule has 4 heteroatoms. The number of nitrogens with one attached hydrogen (secondary N) is 1. The van der Waals surface area contributed by atoms with Gasteiger partial charge in [-0.15, -0.1) is 0 Å². The Morgan fingerprint density at radius 1 is 1.24 bits per heavy atom. The van der Waals surface area contributed by atoms with Gasteiger partial charge >= 0.3 is 6.09 Å². The maximum absolute atomic E-state index is 11.4. The molecule has 0 bridgehead atoms. The second kappa shape index (κ2) is 6.24. The van der Waals surface area contributed by atoms with E-state index in [0.29, 0.717) is 0 Å². The molecule has 1 amide bonds. The Kier molecular flexibility index (Phi) is 5.96. The molecule has 0 rings (SSSR count). The first kappa shape index (κ1) is 16.2. The number of amides is 1. The first-order valence-corrected chi connectivity index (χ1v) is 6.29. The topological polar surface area (TPSA) is 47.6 Å². The van der Waals surface area contributed by atoms with Gasteiger partial charge in [-0.25, -0.2) is 4.79 Å². The van der Waals surface area contributed by atoms with Gasteiger partial charge in [-0.1, -0.05) is 13.8 Å². The van der Waals surface area contributed by atoms with Crippen molar-refractivity contribution in [3.05, 3.63) is 0 Å². The van der Waals surface area contributed by atoms with Gasteiger partial charge in [0.15, 0.2) is 0 Å². The van der Waals surface area contributed by atoms with Crippen LogP contribution in [0.3, 0.4) is 0 Å². The molecule has 0 saturated heterocycles. The van der Waals surface area contributed by atoms with Crippen LogP contribution >= 0.6 is 0 Å². The fraction of sp³-hybridized carbons (Fsp3) is 0.923. The minimum atomic E-state index is -0.562. The molecule has 0 aromatic carbocycles. The molecule has 17 heavy (non-hydrogen) atoms. The zero-order chi connectivity index (χ0) is 13.7. The Hall–Kier alpha value is -0.770. The predicted molar refractivity (Wildman–Crippen MR) is 69.2 cm³/mol. The Morgan fingerprint density at radius 2 is 1.71 bits per heavy atom. The van der Waals surface area contributed by atoms with Crippen LogP contribution < -0.4 is 5.32 Å². The maximum Gasteiger partial charge on any atom is 0.407 e. The van der Waals surface area contributed by atoms with Gasteiger partial charge in [-0.2, -0.15) is 0 Å². The van der Waals surface area contributed by atoms with E-state index < -0.39 is 11.7 Å². The van der Waals surface area contributed by atoms with Gasteiger partial charge in [0.2, 0.25) is 0 Å². The van der Waals surface area contributed by atoms with Gasteiger partial charge < -0.3 is 14.8 Å². The van der Waals surface area contributed by atoms with Crippen molar-refractivity contribution in [3.63, 3.8) is 0 Å². The minimum absolute atomic E-state index is 0.144. The number of alkyl carbamates (subject to hydrolysis) is 1. The quantitative estimate of drug-likeness (QED) is 0.809. The number of carbonyl (C=O) groups is 1. The Labute approximate surface area is 105 Å². The molecule has 1 atom stereocenters. The van der Waals surface area contributed by atoms with E-state index in [4.69, 9.17) is 9.47 Å². The van der Waals surface area contributed by atoms with Gasteiger partial charge in [0.1, 0.15) is 5.60 Å². The first-order chi connectivity index (χ1) is 7.70. The average Bonchev–Trinajstić information content (AvgIpc) is 2.23. The fourth-order valence-corrected chi connectivity index (χ4v) is 1.93. The van der Waals surface area contributed by atoms with Crippen LogP contribution in [0.25, 0.3) is 0 Å². The lowest BCUT2D eigenvalue weighted by Gasteiger charge is -2.39. The smallest absolute Gasteiger partial charge is 0.407 e. The second-order valence-electron chi connectivity index (χ2n) is 5.28. The highest BCUT2D eigenvalue weighted by Gasteiger charge is 2.39. The minimum Gasteiger partial charge on any atom is -0.440 e. The lowest BCUT2D eigenvalue weighted by molar-refractivity contribution is -0.154. The van der Waals surface area contributed by atoms with Gasteiger partial charge in [0.25, 0.3) is 0 Å². The Bertz CT molecular complexity index is 242. The standard InChI is InChI=1S/C13H27NO3/c1-8-13(9-2,17-11(15)14-7)10(3)16-12(4,5)6/h10H,8-9H2,1-7H3,(H,14,15). The van der Waals surface area contributed by atoms with E-state index in [1.54, 1.807) is 7.05 Å². The second-order valence-corrected chi connectivity index (χ2v) is 5.28. The van der Waals surface area contributed by atoms with E-state index >= 15 is 0 Å². The molecule has 0 fully saturated rings. The van der Waals surface area contributed by atoms with E-state index in [1.165, 1.54) is 0 Å². The molecule has 0 aliphatic carbocycles. The maximum atomic E-state index is 11.4. The number of carbonyl (C=O) groups excluding carboxylic acids is 1. The summed E-state index contributed by atoms with van der Waals surface area (Å²) in [6.45, 7) is 12.0. The summed E-state index contributed by atoms with van der Waals surface area (Å²) in [5.41, 5.74) is -0.811. The molecule has 0 saturated carbocycles. The van der Waals surface area contributed by atoms with Crippen LogP contribution in [0.2, 0.25) is 0 Å². The molecule has 0 aromatic rings. The number of hydrogen-bond donors (Lipinski definition) is 1. The highest BCUT2D eigenvalue weighted by atomic mass is 16.6. The zero-order valence-corrected chi connectivity index (χ0v) is 12.2. The van der Waals surface area contributed by atoms with Gasteiger partial charge in [0.05, 0.1) is 11.7 Å². The SMILES string of the molecule is CCC(CC)(OC(=O)NC)C(C)OC(C)(C)C. The van der Waals surface area contributed by atoms with Crippen LogP contribution in [0.4, 0.5) is 4.79 Å². The summed E-state index contributed by atoms with van der Waals surface area (Å²) >= 11 is 0. The Balaban J connectivity index is 4.86. The van der Waals surface area contributed by atoms with Crippen LogP contribution in [0.5, 0.6) is 0 Å². The van der Waals surface area contributed by atoms with Crippen molar-refractivity contribution in [2.75, 3.05) is 7.05 Å². The molecule has 0 aliphatic rings. The summed E-state index contributed by atoms with van der Waals surface area (Å²) in [7, 11) is 1.56. The molecule has 1 unspecified atom stereocenters. The zero-order valence-electron chi connectivity index (χ0n) is 12.2. The van der Waals surface area contributed by atoms with E-state index in [0.717, 1.165) is 12.8 Å². The lowest BCUT2D eigenvalue weighted by atomic mass is 9.90. The Morgan fingerprint density at radius 3 is 2.00 bits per heavy atom. The normalized spacial score (nSPS) is 14.3. The predicted octanol–water partition coefficient (Wildman–Crippen LogP) is 3.10. The van der Waals surface area contributed by atoms with Gasteiger partial charge in [-0.3, -0.25) is 0 Å². The molecule has 0 spiro atoms. The van der Waals surface area contributed by atoms with Crippen molar-refractivity contribution in [3.8, 4) is 0 Å². The van der Waals surface area contributed by atoms with Crippen LogP contribution in [0.1, 0.15) is 54.4 Å².